The van der Waals surface area contributed by atoms with Crippen LogP contribution in [0, 0.1) is 5.92 Å². The lowest BCUT2D eigenvalue weighted by molar-refractivity contribution is 0.174. The second-order valence-electron chi connectivity index (χ2n) is 4.88. The van der Waals surface area contributed by atoms with Gasteiger partial charge < -0.3 is 19.5 Å². The van der Waals surface area contributed by atoms with Crippen LogP contribution in [0.2, 0.25) is 0 Å². The summed E-state index contributed by atoms with van der Waals surface area (Å²) in [6, 6.07) is 6.10. The summed E-state index contributed by atoms with van der Waals surface area (Å²) in [4.78, 5) is 2.26. The van der Waals surface area contributed by atoms with E-state index in [1.165, 1.54) is 5.56 Å². The lowest BCUT2D eigenvalue weighted by Crippen LogP contribution is -2.15. The zero-order valence-corrected chi connectivity index (χ0v) is 9.93. The Morgan fingerprint density at radius 2 is 2.12 bits per heavy atom. The fourth-order valence-electron chi connectivity index (χ4n) is 2.79. The number of nitrogens with zero attached hydrogens (tertiary/aromatic N) is 1. The van der Waals surface area contributed by atoms with Crippen molar-refractivity contribution >= 4 is 0 Å². The molecule has 0 saturated carbocycles. The highest BCUT2D eigenvalue weighted by Gasteiger charge is 2.32. The second kappa shape index (κ2) is 4.20. The molecule has 2 aliphatic heterocycles. The molecule has 2 unspecified atom stereocenters. The maximum absolute atomic E-state index is 9.43. The number of fused-ring (bicyclic) bond motifs is 1. The van der Waals surface area contributed by atoms with Crippen molar-refractivity contribution in [3.8, 4) is 11.5 Å². The van der Waals surface area contributed by atoms with Crippen LogP contribution in [0.3, 0.4) is 0 Å². The van der Waals surface area contributed by atoms with Crippen LogP contribution in [0.1, 0.15) is 11.5 Å². The number of ether oxygens (including phenoxy) is 2. The summed E-state index contributed by atoms with van der Waals surface area (Å²) in [5.41, 5.74) is 1.23. The fourth-order valence-corrected chi connectivity index (χ4v) is 2.79. The first-order valence-electron chi connectivity index (χ1n) is 5.97. The summed E-state index contributed by atoms with van der Waals surface area (Å²) in [5, 5.41) is 9.43. The van der Waals surface area contributed by atoms with Crippen molar-refractivity contribution in [3.05, 3.63) is 23.8 Å². The molecular formula is C13H17NO3. The summed E-state index contributed by atoms with van der Waals surface area (Å²) in [6.07, 6.45) is 0. The normalized spacial score (nSPS) is 27.6. The van der Waals surface area contributed by atoms with Crippen molar-refractivity contribution in [2.75, 3.05) is 33.5 Å². The van der Waals surface area contributed by atoms with Gasteiger partial charge in [-0.2, -0.15) is 0 Å². The Balaban J connectivity index is 1.88. The zero-order chi connectivity index (χ0) is 11.8. The molecule has 2 aliphatic rings. The molecule has 0 radical (unpaired) electrons. The number of benzene rings is 1. The van der Waals surface area contributed by atoms with Crippen LogP contribution in [0.25, 0.3) is 0 Å². The van der Waals surface area contributed by atoms with Gasteiger partial charge in [-0.1, -0.05) is 6.07 Å². The molecule has 0 bridgehead atoms. The SMILES string of the molecule is CN1CC(CO)C(c2ccc3c(c2)OCO3)C1. The predicted octanol–water partition coefficient (Wildman–Crippen LogP) is 1.05. The van der Waals surface area contributed by atoms with Crippen LogP contribution in [0.4, 0.5) is 0 Å². The van der Waals surface area contributed by atoms with Gasteiger partial charge in [-0.05, 0) is 24.7 Å². The van der Waals surface area contributed by atoms with Gasteiger partial charge in [0.25, 0.3) is 0 Å². The molecule has 0 spiro atoms. The molecule has 4 nitrogen and oxygen atoms in total. The monoisotopic (exact) mass is 235 g/mol. The molecular weight excluding hydrogens is 218 g/mol. The summed E-state index contributed by atoms with van der Waals surface area (Å²) in [6.45, 7) is 2.50. The van der Waals surface area contributed by atoms with E-state index in [1.807, 2.05) is 6.07 Å². The van der Waals surface area contributed by atoms with E-state index in [2.05, 4.69) is 24.1 Å². The molecule has 1 fully saturated rings. The molecule has 0 amide bonds. The van der Waals surface area contributed by atoms with E-state index in [0.29, 0.717) is 18.6 Å². The first-order chi connectivity index (χ1) is 8.28. The summed E-state index contributed by atoms with van der Waals surface area (Å²) >= 11 is 0. The molecule has 1 N–H and O–H groups in total. The van der Waals surface area contributed by atoms with Gasteiger partial charge in [0.2, 0.25) is 6.79 Å². The van der Waals surface area contributed by atoms with Gasteiger partial charge in [0.15, 0.2) is 11.5 Å². The third-order valence-electron chi connectivity index (χ3n) is 3.68. The molecule has 3 rings (SSSR count). The van der Waals surface area contributed by atoms with Crippen LogP contribution < -0.4 is 9.47 Å². The Kier molecular flexibility index (Phi) is 2.68. The quantitative estimate of drug-likeness (QED) is 0.832. The first-order valence-corrected chi connectivity index (χ1v) is 5.97. The third kappa shape index (κ3) is 1.87. The summed E-state index contributed by atoms with van der Waals surface area (Å²) in [5.74, 6) is 2.36. The van der Waals surface area contributed by atoms with E-state index in [4.69, 9.17) is 9.47 Å². The minimum atomic E-state index is 0.240. The topological polar surface area (TPSA) is 41.9 Å². The Morgan fingerprint density at radius 3 is 2.94 bits per heavy atom. The Labute approximate surface area is 101 Å². The maximum Gasteiger partial charge on any atom is 0.231 e. The lowest BCUT2D eigenvalue weighted by Gasteiger charge is -2.16. The second-order valence-corrected chi connectivity index (χ2v) is 4.88. The summed E-state index contributed by atoms with van der Waals surface area (Å²) in [7, 11) is 2.09. The number of aliphatic hydroxyl groups is 1. The number of likely N-dealkylation sites (N-methyl/N-ethyl adjacent to an activating group) is 1. The van der Waals surface area contributed by atoms with E-state index < -0.39 is 0 Å². The molecule has 2 heterocycles. The standard InChI is InChI=1S/C13H17NO3/c1-14-5-10(7-15)11(6-14)9-2-3-12-13(4-9)17-8-16-12/h2-4,10-11,15H,5-8H2,1H3. The van der Waals surface area contributed by atoms with E-state index in [0.717, 1.165) is 24.6 Å². The highest BCUT2D eigenvalue weighted by molar-refractivity contribution is 5.45. The largest absolute Gasteiger partial charge is 0.454 e. The minimum Gasteiger partial charge on any atom is -0.454 e. The van der Waals surface area contributed by atoms with E-state index in [-0.39, 0.29) is 6.61 Å². The number of rotatable bonds is 2. The first kappa shape index (κ1) is 10.9. The number of likely N-dealkylation sites (tertiary alicyclic amines) is 1. The number of aliphatic hydroxyl groups excluding tert-OH is 1. The molecule has 2 atom stereocenters. The maximum atomic E-state index is 9.43. The third-order valence-corrected chi connectivity index (χ3v) is 3.68. The van der Waals surface area contributed by atoms with E-state index in [1.54, 1.807) is 0 Å². The van der Waals surface area contributed by atoms with Gasteiger partial charge in [0.05, 0.1) is 0 Å². The van der Waals surface area contributed by atoms with Crippen LogP contribution >= 0.6 is 0 Å². The average molecular weight is 235 g/mol. The van der Waals surface area contributed by atoms with Gasteiger partial charge in [0.1, 0.15) is 0 Å². The highest BCUT2D eigenvalue weighted by Crippen LogP contribution is 2.38. The Hall–Kier alpha value is -1.26. The number of hydrogen-bond acceptors (Lipinski definition) is 4. The van der Waals surface area contributed by atoms with Gasteiger partial charge in [-0.25, -0.2) is 0 Å². The lowest BCUT2D eigenvalue weighted by atomic mass is 9.89. The van der Waals surface area contributed by atoms with Crippen LogP contribution in [-0.4, -0.2) is 43.5 Å². The summed E-state index contributed by atoms with van der Waals surface area (Å²) < 4.78 is 10.7. The predicted molar refractivity (Wildman–Crippen MR) is 63.4 cm³/mol. The molecule has 1 aromatic carbocycles. The van der Waals surface area contributed by atoms with Crippen molar-refractivity contribution in [3.63, 3.8) is 0 Å². The molecule has 0 aromatic heterocycles. The molecule has 92 valence electrons. The van der Waals surface area contributed by atoms with E-state index >= 15 is 0 Å². The van der Waals surface area contributed by atoms with Gasteiger partial charge in [-0.3, -0.25) is 0 Å². The minimum absolute atomic E-state index is 0.240. The van der Waals surface area contributed by atoms with Crippen LogP contribution in [-0.2, 0) is 0 Å². The molecule has 1 aromatic rings. The van der Waals surface area contributed by atoms with Crippen molar-refractivity contribution in [1.82, 2.24) is 4.90 Å². The Bertz CT molecular complexity index is 421. The van der Waals surface area contributed by atoms with E-state index in [9.17, 15) is 5.11 Å². The molecule has 4 heteroatoms. The van der Waals surface area contributed by atoms with Crippen LogP contribution in [0.5, 0.6) is 11.5 Å². The Morgan fingerprint density at radius 1 is 1.29 bits per heavy atom. The fraction of sp³-hybridized carbons (Fsp3) is 0.538. The average Bonchev–Trinajstić information content (AvgIpc) is 2.93. The smallest absolute Gasteiger partial charge is 0.231 e. The van der Waals surface area contributed by atoms with Crippen LogP contribution in [0.15, 0.2) is 18.2 Å². The van der Waals surface area contributed by atoms with Crippen molar-refractivity contribution < 1.29 is 14.6 Å². The molecule has 1 saturated heterocycles. The zero-order valence-electron chi connectivity index (χ0n) is 9.93. The van der Waals surface area contributed by atoms with Gasteiger partial charge in [-0.15, -0.1) is 0 Å². The highest BCUT2D eigenvalue weighted by atomic mass is 16.7. The van der Waals surface area contributed by atoms with Gasteiger partial charge in [0, 0.05) is 31.5 Å². The van der Waals surface area contributed by atoms with Gasteiger partial charge >= 0.3 is 0 Å². The van der Waals surface area contributed by atoms with Crippen molar-refractivity contribution in [2.45, 2.75) is 5.92 Å². The number of hydrogen-bond donors (Lipinski definition) is 1. The molecule has 0 aliphatic carbocycles. The van der Waals surface area contributed by atoms with Crippen molar-refractivity contribution in [1.29, 1.82) is 0 Å². The van der Waals surface area contributed by atoms with Crippen molar-refractivity contribution in [2.24, 2.45) is 5.92 Å². The molecule has 17 heavy (non-hydrogen) atoms.